The first-order valence-corrected chi connectivity index (χ1v) is 8.81. The van der Waals surface area contributed by atoms with Crippen LogP contribution in [0.5, 0.6) is 0 Å². The lowest BCUT2D eigenvalue weighted by Crippen LogP contribution is -2.64. The molecule has 20 heavy (non-hydrogen) atoms. The smallest absolute Gasteiger partial charge is 0.226 e. The summed E-state index contributed by atoms with van der Waals surface area (Å²) in [4.78, 5) is 15.5. The Labute approximate surface area is 122 Å². The van der Waals surface area contributed by atoms with Crippen LogP contribution in [0.1, 0.15) is 57.8 Å². The summed E-state index contributed by atoms with van der Waals surface area (Å²) in [5, 5.41) is 3.56. The quantitative estimate of drug-likeness (QED) is 0.798. The van der Waals surface area contributed by atoms with Gasteiger partial charge in [-0.1, -0.05) is 25.7 Å². The number of nitrogens with one attached hydrogen (secondary N) is 1. The first-order valence-electron chi connectivity index (χ1n) is 8.81. The van der Waals surface area contributed by atoms with Crippen LogP contribution < -0.4 is 5.32 Å². The van der Waals surface area contributed by atoms with E-state index in [4.69, 9.17) is 0 Å². The van der Waals surface area contributed by atoms with Crippen molar-refractivity contribution in [3.05, 3.63) is 0 Å². The number of rotatable bonds is 1. The number of nitrogens with zero attached hydrogens (tertiary/aromatic N) is 1. The molecule has 3 heteroatoms. The summed E-state index contributed by atoms with van der Waals surface area (Å²) < 4.78 is 0. The van der Waals surface area contributed by atoms with Gasteiger partial charge >= 0.3 is 0 Å². The average Bonchev–Trinajstić information content (AvgIpc) is 3.11. The zero-order chi connectivity index (χ0) is 13.6. The molecule has 3 saturated carbocycles. The number of carbonyl (C=O) groups is 1. The maximum Gasteiger partial charge on any atom is 0.226 e. The van der Waals surface area contributed by atoms with E-state index >= 15 is 0 Å². The molecule has 3 nitrogen and oxygen atoms in total. The highest BCUT2D eigenvalue weighted by molar-refractivity contribution is 5.80. The van der Waals surface area contributed by atoms with Crippen molar-refractivity contribution in [2.45, 2.75) is 63.3 Å². The molecule has 4 aliphatic rings. The van der Waals surface area contributed by atoms with E-state index in [2.05, 4.69) is 10.2 Å². The van der Waals surface area contributed by atoms with Crippen LogP contribution in [0.3, 0.4) is 0 Å². The zero-order valence-electron chi connectivity index (χ0n) is 12.6. The molecular formula is C17H28N2O. The van der Waals surface area contributed by atoms with Crippen molar-refractivity contribution < 1.29 is 4.79 Å². The van der Waals surface area contributed by atoms with E-state index in [1.165, 1.54) is 57.8 Å². The van der Waals surface area contributed by atoms with Crippen LogP contribution >= 0.6 is 0 Å². The molecule has 4 rings (SSSR count). The summed E-state index contributed by atoms with van der Waals surface area (Å²) in [6, 6.07) is 0. The first kappa shape index (κ1) is 13.1. The fourth-order valence-electron chi connectivity index (χ4n) is 5.59. The van der Waals surface area contributed by atoms with Crippen LogP contribution in [0.25, 0.3) is 0 Å². The third kappa shape index (κ3) is 2.01. The highest BCUT2D eigenvalue weighted by Gasteiger charge is 2.49. The van der Waals surface area contributed by atoms with Gasteiger partial charge in [-0.25, -0.2) is 0 Å². The molecule has 3 unspecified atom stereocenters. The minimum Gasteiger partial charge on any atom is -0.334 e. The Kier molecular flexibility index (Phi) is 3.29. The molecule has 112 valence electrons. The summed E-state index contributed by atoms with van der Waals surface area (Å²) in [5.41, 5.74) is 0.176. The van der Waals surface area contributed by atoms with Gasteiger partial charge in [0.2, 0.25) is 5.91 Å². The van der Waals surface area contributed by atoms with Crippen LogP contribution in [0.2, 0.25) is 0 Å². The second kappa shape index (κ2) is 5.01. The van der Waals surface area contributed by atoms with Crippen LogP contribution in [0, 0.1) is 17.8 Å². The number of hydrogen-bond donors (Lipinski definition) is 1. The van der Waals surface area contributed by atoms with Crippen LogP contribution in [-0.2, 0) is 4.79 Å². The van der Waals surface area contributed by atoms with Gasteiger partial charge in [-0.15, -0.1) is 0 Å². The molecule has 3 atom stereocenters. The Morgan fingerprint density at radius 1 is 1.10 bits per heavy atom. The molecule has 3 aliphatic carbocycles. The number of hydrogen-bond acceptors (Lipinski definition) is 2. The topological polar surface area (TPSA) is 32.3 Å². The third-order valence-electron chi connectivity index (χ3n) is 6.64. The molecule has 1 spiro atoms. The van der Waals surface area contributed by atoms with Gasteiger partial charge in [-0.3, -0.25) is 4.79 Å². The van der Waals surface area contributed by atoms with E-state index in [9.17, 15) is 4.79 Å². The first-order chi connectivity index (χ1) is 9.78. The van der Waals surface area contributed by atoms with Crippen molar-refractivity contribution in [3.8, 4) is 0 Å². The van der Waals surface area contributed by atoms with Gasteiger partial charge in [0, 0.05) is 25.6 Å². The number of carbonyl (C=O) groups excluding carboxylic acids is 1. The van der Waals surface area contributed by atoms with E-state index in [1.807, 2.05) is 0 Å². The normalized spacial score (nSPS) is 39.4. The lowest BCUT2D eigenvalue weighted by molar-refractivity contribution is -0.147. The molecule has 1 amide bonds. The summed E-state index contributed by atoms with van der Waals surface area (Å²) in [6.45, 7) is 2.99. The molecular weight excluding hydrogens is 248 g/mol. The summed E-state index contributed by atoms with van der Waals surface area (Å²) >= 11 is 0. The molecule has 1 heterocycles. The van der Waals surface area contributed by atoms with E-state index < -0.39 is 0 Å². The van der Waals surface area contributed by atoms with Crippen molar-refractivity contribution in [1.29, 1.82) is 0 Å². The van der Waals surface area contributed by atoms with Crippen LogP contribution in [0.15, 0.2) is 0 Å². The average molecular weight is 276 g/mol. The van der Waals surface area contributed by atoms with Crippen LogP contribution in [0.4, 0.5) is 0 Å². The fourth-order valence-corrected chi connectivity index (χ4v) is 5.59. The summed E-state index contributed by atoms with van der Waals surface area (Å²) in [6.07, 6.45) is 11.7. The summed E-state index contributed by atoms with van der Waals surface area (Å²) in [5.74, 6) is 2.51. The lowest BCUT2D eigenvalue weighted by Gasteiger charge is -2.51. The van der Waals surface area contributed by atoms with Gasteiger partial charge in [0.15, 0.2) is 0 Å². The SMILES string of the molecule is O=C(C1CC2CCC1C2)N1CCNCC12CCCCC2. The number of amides is 1. The minimum absolute atomic E-state index is 0.176. The third-order valence-corrected chi connectivity index (χ3v) is 6.64. The van der Waals surface area contributed by atoms with Crippen molar-refractivity contribution in [2.75, 3.05) is 19.6 Å². The van der Waals surface area contributed by atoms with Gasteiger partial charge < -0.3 is 10.2 Å². The minimum atomic E-state index is 0.176. The lowest BCUT2D eigenvalue weighted by atomic mass is 9.77. The maximum atomic E-state index is 13.2. The summed E-state index contributed by atoms with van der Waals surface area (Å²) in [7, 11) is 0. The number of piperazine rings is 1. The van der Waals surface area contributed by atoms with Gasteiger partial charge in [-0.2, -0.15) is 0 Å². The Morgan fingerprint density at radius 2 is 1.95 bits per heavy atom. The largest absolute Gasteiger partial charge is 0.334 e. The molecule has 1 saturated heterocycles. The Hall–Kier alpha value is -0.570. The molecule has 0 aromatic rings. The van der Waals surface area contributed by atoms with Crippen molar-refractivity contribution in [3.63, 3.8) is 0 Å². The zero-order valence-corrected chi connectivity index (χ0v) is 12.6. The Balaban J connectivity index is 1.54. The van der Waals surface area contributed by atoms with Crippen molar-refractivity contribution in [1.82, 2.24) is 10.2 Å². The van der Waals surface area contributed by atoms with E-state index in [1.54, 1.807) is 0 Å². The standard InChI is InChI=1S/C17H28N2O/c20-16(15-11-13-4-5-14(15)10-13)19-9-8-18-12-17(19)6-2-1-3-7-17/h13-15,18H,1-12H2. The van der Waals surface area contributed by atoms with Crippen molar-refractivity contribution >= 4 is 5.91 Å². The second-order valence-electron chi connectivity index (χ2n) is 7.73. The van der Waals surface area contributed by atoms with Gasteiger partial charge in [-0.05, 0) is 43.9 Å². The second-order valence-corrected chi connectivity index (χ2v) is 7.73. The number of fused-ring (bicyclic) bond motifs is 2. The van der Waals surface area contributed by atoms with E-state index in [-0.39, 0.29) is 5.54 Å². The predicted octanol–water partition coefficient (Wildman–Crippen LogP) is 2.56. The van der Waals surface area contributed by atoms with Gasteiger partial charge in [0.25, 0.3) is 0 Å². The molecule has 1 N–H and O–H groups in total. The molecule has 0 aromatic heterocycles. The maximum absolute atomic E-state index is 13.2. The molecule has 0 radical (unpaired) electrons. The fraction of sp³-hybridized carbons (Fsp3) is 0.941. The molecule has 1 aliphatic heterocycles. The monoisotopic (exact) mass is 276 g/mol. The van der Waals surface area contributed by atoms with Crippen LogP contribution in [-0.4, -0.2) is 36.0 Å². The van der Waals surface area contributed by atoms with E-state index in [0.717, 1.165) is 31.5 Å². The highest BCUT2D eigenvalue weighted by Crippen LogP contribution is 2.50. The Bertz CT molecular complexity index is 380. The molecule has 2 bridgehead atoms. The Morgan fingerprint density at radius 3 is 2.65 bits per heavy atom. The predicted molar refractivity (Wildman–Crippen MR) is 79.3 cm³/mol. The van der Waals surface area contributed by atoms with E-state index in [0.29, 0.717) is 11.8 Å². The highest BCUT2D eigenvalue weighted by atomic mass is 16.2. The molecule has 0 aromatic carbocycles. The van der Waals surface area contributed by atoms with Gasteiger partial charge in [0.05, 0.1) is 5.54 Å². The molecule has 4 fully saturated rings. The van der Waals surface area contributed by atoms with Crippen molar-refractivity contribution in [2.24, 2.45) is 17.8 Å². The van der Waals surface area contributed by atoms with Gasteiger partial charge in [0.1, 0.15) is 0 Å².